The van der Waals surface area contributed by atoms with Crippen LogP contribution in [0.3, 0.4) is 0 Å². The minimum Gasteiger partial charge on any atom is -0.396 e. The third-order valence-electron chi connectivity index (χ3n) is 6.18. The van der Waals surface area contributed by atoms with Crippen LogP contribution >= 0.6 is 0 Å². The van der Waals surface area contributed by atoms with E-state index in [1.807, 2.05) is 48.6 Å². The highest BCUT2D eigenvalue weighted by Gasteiger charge is 2.20. The lowest BCUT2D eigenvalue weighted by atomic mass is 9.86. The van der Waals surface area contributed by atoms with Crippen LogP contribution in [0.5, 0.6) is 0 Å². The van der Waals surface area contributed by atoms with Gasteiger partial charge in [0.1, 0.15) is 6.10 Å². The lowest BCUT2D eigenvalue weighted by Crippen LogP contribution is -2.04. The topological polar surface area (TPSA) is 40.5 Å². The van der Waals surface area contributed by atoms with Gasteiger partial charge in [-0.25, -0.2) is 0 Å². The van der Waals surface area contributed by atoms with Crippen LogP contribution in [0.2, 0.25) is 0 Å². The van der Waals surface area contributed by atoms with Crippen LogP contribution in [0.15, 0.2) is 109 Å². The molecule has 0 aromatic heterocycles. The molecule has 0 radical (unpaired) electrons. The quantitative estimate of drug-likeness (QED) is 0.301. The summed E-state index contributed by atoms with van der Waals surface area (Å²) in [5, 5.41) is 25.4. The normalized spacial score (nSPS) is 12.5. The lowest BCUT2D eigenvalue weighted by molar-refractivity contribution is 0.221. The fourth-order valence-electron chi connectivity index (χ4n) is 4.55. The maximum Gasteiger partial charge on any atom is 0.105 e. The molecule has 5 rings (SSSR count). The zero-order valence-electron chi connectivity index (χ0n) is 18.4. The second kappa shape index (κ2) is 9.41. The van der Waals surface area contributed by atoms with Crippen LogP contribution in [-0.2, 0) is 0 Å². The first kappa shape index (κ1) is 21.1. The molecule has 0 aliphatic heterocycles. The van der Waals surface area contributed by atoms with Crippen molar-refractivity contribution in [2.45, 2.75) is 12.5 Å². The molecule has 0 heterocycles. The van der Waals surface area contributed by atoms with Gasteiger partial charge in [0.15, 0.2) is 0 Å². The van der Waals surface area contributed by atoms with Gasteiger partial charge in [0, 0.05) is 6.61 Å². The molecule has 5 aromatic rings. The summed E-state index contributed by atoms with van der Waals surface area (Å²) < 4.78 is 0. The van der Waals surface area contributed by atoms with Gasteiger partial charge in [-0.15, -0.1) is 0 Å². The van der Waals surface area contributed by atoms with Crippen molar-refractivity contribution >= 4 is 27.6 Å². The smallest absolute Gasteiger partial charge is 0.105 e. The highest BCUT2D eigenvalue weighted by atomic mass is 16.3. The summed E-state index contributed by atoms with van der Waals surface area (Å²) in [6.45, 7) is 0.109. The highest BCUT2D eigenvalue weighted by Crippen LogP contribution is 2.39. The first-order chi connectivity index (χ1) is 16.3. The van der Waals surface area contributed by atoms with E-state index in [2.05, 4.69) is 66.7 Å². The van der Waals surface area contributed by atoms with Gasteiger partial charge in [-0.2, -0.15) is 0 Å². The Morgan fingerprint density at radius 3 is 2.21 bits per heavy atom. The Bertz CT molecular complexity index is 1450. The average molecular weight is 431 g/mol. The summed E-state index contributed by atoms with van der Waals surface area (Å²) in [5.41, 5.74) is 4.83. The number of fused-ring (bicyclic) bond motifs is 2. The Kier molecular flexibility index (Phi) is 6.03. The Labute approximate surface area is 194 Å². The molecule has 0 fully saturated rings. The molecule has 2 N–H and O–H groups in total. The minimum absolute atomic E-state index is 0.109. The summed E-state index contributed by atoms with van der Waals surface area (Å²) >= 11 is 0. The van der Waals surface area contributed by atoms with Gasteiger partial charge >= 0.3 is 0 Å². The fraction of sp³-hybridized carbons (Fsp3) is 0.0968. The molecule has 0 aliphatic carbocycles. The van der Waals surface area contributed by atoms with Gasteiger partial charge in [-0.3, -0.25) is 0 Å². The van der Waals surface area contributed by atoms with E-state index in [0.29, 0.717) is 6.42 Å². The molecule has 5 aromatic carbocycles. The number of hydrogen-bond acceptors (Lipinski definition) is 2. The van der Waals surface area contributed by atoms with E-state index < -0.39 is 6.10 Å². The van der Waals surface area contributed by atoms with Gasteiger partial charge < -0.3 is 10.2 Å². The number of aliphatic hydroxyl groups excluding tert-OH is 2. The van der Waals surface area contributed by atoms with Crippen LogP contribution in [0.1, 0.15) is 29.2 Å². The van der Waals surface area contributed by atoms with E-state index in [9.17, 15) is 5.11 Å². The van der Waals surface area contributed by atoms with Crippen molar-refractivity contribution in [3.05, 3.63) is 126 Å². The third kappa shape index (κ3) is 4.19. The Morgan fingerprint density at radius 1 is 0.667 bits per heavy atom. The van der Waals surface area contributed by atoms with Crippen LogP contribution in [0.4, 0.5) is 0 Å². The van der Waals surface area contributed by atoms with Crippen LogP contribution in [-0.4, -0.2) is 16.8 Å². The molecule has 162 valence electrons. The maximum absolute atomic E-state index is 11.7. The molecule has 2 heteroatoms. The summed E-state index contributed by atoms with van der Waals surface area (Å²) in [7, 11) is 0. The molecule has 0 saturated carbocycles. The van der Waals surface area contributed by atoms with Crippen molar-refractivity contribution in [1.82, 2.24) is 0 Å². The molecule has 0 spiro atoms. The average Bonchev–Trinajstić information content (AvgIpc) is 2.88. The molecule has 2 nitrogen and oxygen atoms in total. The third-order valence-corrected chi connectivity index (χ3v) is 6.18. The van der Waals surface area contributed by atoms with E-state index in [4.69, 9.17) is 5.11 Å². The van der Waals surface area contributed by atoms with Gasteiger partial charge in [-0.1, -0.05) is 109 Å². The largest absolute Gasteiger partial charge is 0.396 e. The molecular weight excluding hydrogens is 404 g/mol. The Hall–Kier alpha value is -3.72. The van der Waals surface area contributed by atoms with E-state index in [1.54, 1.807) is 0 Å². The first-order valence-electron chi connectivity index (χ1n) is 11.3. The molecular formula is C31H26O2. The standard InChI is InChI=1S/C31H26O2/c32-20-8-7-12-23-10-4-6-15-28(23)31(33)29-19-18-24-11-3-5-14-27(24)30(29)26-17-16-22-9-1-2-13-25(22)21-26/h1-7,9-19,21,31-33H,8,20H2/b12-7-. The van der Waals surface area contributed by atoms with Crippen molar-refractivity contribution in [2.24, 2.45) is 0 Å². The lowest BCUT2D eigenvalue weighted by Gasteiger charge is -2.20. The van der Waals surface area contributed by atoms with Gasteiger partial charge in [0.2, 0.25) is 0 Å². The number of hydrogen-bond donors (Lipinski definition) is 2. The Balaban J connectivity index is 1.71. The van der Waals surface area contributed by atoms with Crippen molar-refractivity contribution < 1.29 is 10.2 Å². The van der Waals surface area contributed by atoms with Crippen LogP contribution in [0.25, 0.3) is 38.7 Å². The van der Waals surface area contributed by atoms with Crippen molar-refractivity contribution in [3.63, 3.8) is 0 Å². The molecule has 1 unspecified atom stereocenters. The Morgan fingerprint density at radius 2 is 1.36 bits per heavy atom. The summed E-state index contributed by atoms with van der Waals surface area (Å²) in [5.74, 6) is 0. The van der Waals surface area contributed by atoms with Crippen molar-refractivity contribution in [2.75, 3.05) is 6.61 Å². The predicted octanol–water partition coefficient (Wildman–Crippen LogP) is 7.14. The number of aliphatic hydroxyl groups is 2. The zero-order valence-corrected chi connectivity index (χ0v) is 18.4. The van der Waals surface area contributed by atoms with Crippen molar-refractivity contribution in [1.29, 1.82) is 0 Å². The second-order valence-corrected chi connectivity index (χ2v) is 8.26. The zero-order chi connectivity index (χ0) is 22.6. The summed E-state index contributed by atoms with van der Waals surface area (Å²) in [4.78, 5) is 0. The van der Waals surface area contributed by atoms with E-state index >= 15 is 0 Å². The summed E-state index contributed by atoms with van der Waals surface area (Å²) in [6.07, 6.45) is 3.72. The maximum atomic E-state index is 11.7. The van der Waals surface area contributed by atoms with Crippen LogP contribution < -0.4 is 0 Å². The van der Waals surface area contributed by atoms with Gasteiger partial charge in [-0.05, 0) is 61.8 Å². The molecule has 1 atom stereocenters. The molecule has 0 amide bonds. The monoisotopic (exact) mass is 430 g/mol. The second-order valence-electron chi connectivity index (χ2n) is 8.26. The molecule has 33 heavy (non-hydrogen) atoms. The van der Waals surface area contributed by atoms with Gasteiger partial charge in [0.25, 0.3) is 0 Å². The number of benzene rings is 5. The molecule has 0 bridgehead atoms. The number of rotatable bonds is 6. The minimum atomic E-state index is -0.786. The SMILES string of the molecule is OCC/C=C\c1ccccc1C(O)c1ccc2ccccc2c1-c1ccc2ccccc2c1. The predicted molar refractivity (Wildman–Crippen MR) is 138 cm³/mol. The van der Waals surface area contributed by atoms with E-state index in [-0.39, 0.29) is 6.61 Å². The van der Waals surface area contributed by atoms with E-state index in [1.165, 1.54) is 10.8 Å². The van der Waals surface area contributed by atoms with Gasteiger partial charge in [0.05, 0.1) is 0 Å². The summed E-state index contributed by atoms with van der Waals surface area (Å²) in [6, 6.07) is 35.2. The van der Waals surface area contributed by atoms with Crippen LogP contribution in [0, 0.1) is 0 Å². The fourth-order valence-corrected chi connectivity index (χ4v) is 4.55. The highest BCUT2D eigenvalue weighted by molar-refractivity contribution is 6.00. The van der Waals surface area contributed by atoms with E-state index in [0.717, 1.165) is 38.6 Å². The molecule has 0 saturated heterocycles. The van der Waals surface area contributed by atoms with Crippen molar-refractivity contribution in [3.8, 4) is 11.1 Å². The first-order valence-corrected chi connectivity index (χ1v) is 11.3. The molecule has 0 aliphatic rings.